The predicted molar refractivity (Wildman–Crippen MR) is 63.4 cm³/mol. The van der Waals surface area contributed by atoms with Gasteiger partial charge >= 0.3 is 5.97 Å². The van der Waals surface area contributed by atoms with E-state index in [1.807, 2.05) is 0 Å². The second-order valence-electron chi connectivity index (χ2n) is 3.90. The van der Waals surface area contributed by atoms with Gasteiger partial charge in [0.05, 0.1) is 19.3 Å². The molecule has 5 nitrogen and oxygen atoms in total. The van der Waals surface area contributed by atoms with Gasteiger partial charge in [0.2, 0.25) is 0 Å². The maximum Gasteiger partial charge on any atom is 0.360 e. The van der Waals surface area contributed by atoms with Gasteiger partial charge in [-0.2, -0.15) is 5.10 Å². The van der Waals surface area contributed by atoms with E-state index in [1.165, 1.54) is 30.1 Å². The van der Waals surface area contributed by atoms with Gasteiger partial charge < -0.3 is 10.5 Å². The Bertz CT molecular complexity index is 605. The molecule has 0 aliphatic carbocycles. The smallest absolute Gasteiger partial charge is 0.360 e. The van der Waals surface area contributed by atoms with E-state index in [2.05, 4.69) is 9.84 Å². The van der Waals surface area contributed by atoms with Gasteiger partial charge in [0.1, 0.15) is 11.6 Å². The number of carbonyl (C=O) groups excluding carboxylic acids is 1. The van der Waals surface area contributed by atoms with E-state index in [9.17, 15) is 13.6 Å². The number of nitrogens with zero attached hydrogens (tertiary/aromatic N) is 2. The number of halogens is 2. The summed E-state index contributed by atoms with van der Waals surface area (Å²) in [5.41, 5.74) is 6.08. The first-order valence-corrected chi connectivity index (χ1v) is 5.36. The van der Waals surface area contributed by atoms with Crippen molar-refractivity contribution in [3.63, 3.8) is 0 Å². The number of hydrogen-bond acceptors (Lipinski definition) is 4. The highest BCUT2D eigenvalue weighted by atomic mass is 19.1. The number of hydrogen-bond donors (Lipinski definition) is 1. The van der Waals surface area contributed by atoms with Crippen molar-refractivity contribution in [2.45, 2.75) is 6.54 Å². The minimum Gasteiger partial charge on any atom is -0.464 e. The van der Waals surface area contributed by atoms with Crippen LogP contribution in [0.4, 0.5) is 14.5 Å². The first kappa shape index (κ1) is 13.0. The lowest BCUT2D eigenvalue weighted by Crippen LogP contribution is -2.07. The highest BCUT2D eigenvalue weighted by molar-refractivity contribution is 5.92. The minimum absolute atomic E-state index is 0.0284. The molecular formula is C12H11F2N3O2. The van der Waals surface area contributed by atoms with Crippen LogP contribution in [0, 0.1) is 11.6 Å². The molecule has 0 atom stereocenters. The van der Waals surface area contributed by atoms with Gasteiger partial charge in [0, 0.05) is 12.3 Å². The van der Waals surface area contributed by atoms with E-state index < -0.39 is 17.6 Å². The van der Waals surface area contributed by atoms with Crippen molar-refractivity contribution in [1.82, 2.24) is 9.78 Å². The number of esters is 1. The zero-order valence-corrected chi connectivity index (χ0v) is 10.1. The van der Waals surface area contributed by atoms with Crippen LogP contribution in [0.25, 0.3) is 0 Å². The van der Waals surface area contributed by atoms with Crippen LogP contribution < -0.4 is 5.73 Å². The Balaban J connectivity index is 2.26. The Morgan fingerprint density at radius 1 is 1.37 bits per heavy atom. The third kappa shape index (κ3) is 2.87. The van der Waals surface area contributed by atoms with Crippen molar-refractivity contribution in [2.75, 3.05) is 12.8 Å². The van der Waals surface area contributed by atoms with E-state index in [1.54, 1.807) is 0 Å². The number of anilines is 1. The fraction of sp³-hybridized carbons (Fsp3) is 0.167. The Morgan fingerprint density at radius 2 is 2.00 bits per heavy atom. The molecule has 0 bridgehead atoms. The molecule has 0 amide bonds. The van der Waals surface area contributed by atoms with Crippen LogP contribution in [0.15, 0.2) is 24.4 Å². The molecule has 100 valence electrons. The van der Waals surface area contributed by atoms with Crippen molar-refractivity contribution in [2.24, 2.45) is 0 Å². The Morgan fingerprint density at radius 3 is 2.58 bits per heavy atom. The second kappa shape index (κ2) is 5.05. The third-order valence-corrected chi connectivity index (χ3v) is 2.44. The Hall–Kier alpha value is -2.44. The number of benzene rings is 1. The summed E-state index contributed by atoms with van der Waals surface area (Å²) in [6.45, 7) is 0.0931. The summed E-state index contributed by atoms with van der Waals surface area (Å²) in [6, 6.07) is 3.14. The summed E-state index contributed by atoms with van der Waals surface area (Å²) >= 11 is 0. The number of aromatic nitrogens is 2. The predicted octanol–water partition coefficient (Wildman–Crippen LogP) is 1.58. The molecule has 7 heteroatoms. The van der Waals surface area contributed by atoms with Crippen LogP contribution in [0.3, 0.4) is 0 Å². The molecule has 0 unspecified atom stereocenters. The molecule has 0 saturated heterocycles. The van der Waals surface area contributed by atoms with Gasteiger partial charge in [-0.1, -0.05) is 0 Å². The highest BCUT2D eigenvalue weighted by Crippen LogP contribution is 2.13. The molecule has 0 saturated carbocycles. The lowest BCUT2D eigenvalue weighted by atomic mass is 10.2. The lowest BCUT2D eigenvalue weighted by molar-refractivity contribution is 0.0594. The van der Waals surface area contributed by atoms with E-state index in [0.717, 1.165) is 6.07 Å². The second-order valence-corrected chi connectivity index (χ2v) is 3.90. The number of ether oxygens (including phenoxy) is 1. The third-order valence-electron chi connectivity index (χ3n) is 2.44. The SMILES string of the molecule is COC(=O)c1nn(Cc2cc(F)cc(F)c2)cc1N. The fourth-order valence-electron chi connectivity index (χ4n) is 1.66. The number of rotatable bonds is 3. The maximum atomic E-state index is 13.0. The van der Waals surface area contributed by atoms with Crippen LogP contribution in [0.5, 0.6) is 0 Å². The molecular weight excluding hydrogens is 256 g/mol. The Labute approximate surface area is 107 Å². The molecule has 2 N–H and O–H groups in total. The monoisotopic (exact) mass is 267 g/mol. The molecule has 19 heavy (non-hydrogen) atoms. The molecule has 1 aromatic carbocycles. The van der Waals surface area contributed by atoms with Crippen LogP contribution in [0.1, 0.15) is 16.1 Å². The van der Waals surface area contributed by atoms with Crippen molar-refractivity contribution >= 4 is 11.7 Å². The van der Waals surface area contributed by atoms with Crippen LogP contribution in [-0.4, -0.2) is 22.9 Å². The fourth-order valence-corrected chi connectivity index (χ4v) is 1.66. The van der Waals surface area contributed by atoms with E-state index in [0.29, 0.717) is 5.56 Å². The number of nitrogen functional groups attached to an aromatic ring is 1. The van der Waals surface area contributed by atoms with Crippen molar-refractivity contribution in [3.05, 3.63) is 47.3 Å². The molecule has 0 fully saturated rings. The normalized spacial score (nSPS) is 10.5. The van der Waals surface area contributed by atoms with Crippen LogP contribution in [0.2, 0.25) is 0 Å². The molecule has 0 spiro atoms. The number of carbonyl (C=O) groups is 1. The first-order valence-electron chi connectivity index (χ1n) is 5.36. The zero-order chi connectivity index (χ0) is 14.0. The first-order chi connectivity index (χ1) is 8.99. The van der Waals surface area contributed by atoms with Gasteiger partial charge in [-0.05, 0) is 17.7 Å². The van der Waals surface area contributed by atoms with Crippen molar-refractivity contribution in [1.29, 1.82) is 0 Å². The average molecular weight is 267 g/mol. The van der Waals surface area contributed by atoms with E-state index in [4.69, 9.17) is 5.73 Å². The molecule has 0 aliphatic heterocycles. The molecule has 0 aliphatic rings. The topological polar surface area (TPSA) is 70.1 Å². The van der Waals surface area contributed by atoms with Crippen LogP contribution in [-0.2, 0) is 11.3 Å². The zero-order valence-electron chi connectivity index (χ0n) is 10.1. The summed E-state index contributed by atoms with van der Waals surface area (Å²) in [5.74, 6) is -2.02. The van der Waals surface area contributed by atoms with Gasteiger partial charge in [-0.15, -0.1) is 0 Å². The largest absolute Gasteiger partial charge is 0.464 e. The quantitative estimate of drug-likeness (QED) is 0.857. The van der Waals surface area contributed by atoms with Gasteiger partial charge in [0.25, 0.3) is 0 Å². The maximum absolute atomic E-state index is 13.0. The standard InChI is InChI=1S/C12H11F2N3O2/c1-19-12(18)11-10(15)6-17(16-11)5-7-2-8(13)4-9(14)3-7/h2-4,6H,5,15H2,1H3. The molecule has 1 aromatic heterocycles. The summed E-state index contributed by atoms with van der Waals surface area (Å²) < 4.78 is 31.9. The Kier molecular flexibility index (Phi) is 3.46. The molecule has 1 heterocycles. The summed E-state index contributed by atoms with van der Waals surface area (Å²) in [6.07, 6.45) is 1.40. The van der Waals surface area contributed by atoms with Gasteiger partial charge in [-0.25, -0.2) is 13.6 Å². The van der Waals surface area contributed by atoms with Crippen LogP contribution >= 0.6 is 0 Å². The number of nitrogens with two attached hydrogens (primary N) is 1. The summed E-state index contributed by atoms with van der Waals surface area (Å²) in [7, 11) is 1.21. The molecule has 0 radical (unpaired) electrons. The van der Waals surface area contributed by atoms with Crippen molar-refractivity contribution < 1.29 is 18.3 Å². The van der Waals surface area contributed by atoms with Gasteiger partial charge in [0.15, 0.2) is 5.69 Å². The summed E-state index contributed by atoms with van der Waals surface area (Å²) in [5, 5.41) is 3.91. The average Bonchev–Trinajstić information content (AvgIpc) is 2.68. The van der Waals surface area contributed by atoms with Gasteiger partial charge in [-0.3, -0.25) is 4.68 Å². The molecule has 2 rings (SSSR count). The lowest BCUT2D eigenvalue weighted by Gasteiger charge is -2.02. The summed E-state index contributed by atoms with van der Waals surface area (Å²) in [4.78, 5) is 11.3. The molecule has 2 aromatic rings. The number of methoxy groups -OCH3 is 1. The van der Waals surface area contributed by atoms with E-state index >= 15 is 0 Å². The van der Waals surface area contributed by atoms with E-state index in [-0.39, 0.29) is 17.9 Å². The minimum atomic E-state index is -0.677. The van der Waals surface area contributed by atoms with Crippen molar-refractivity contribution in [3.8, 4) is 0 Å². The highest BCUT2D eigenvalue weighted by Gasteiger charge is 2.15.